The molecule has 0 radical (unpaired) electrons. The van der Waals surface area contributed by atoms with Crippen LogP contribution in [0.2, 0.25) is 0 Å². The first kappa shape index (κ1) is 10.7. The molecule has 82 valence electrons. The molecule has 0 bridgehead atoms. The van der Waals surface area contributed by atoms with Crippen LogP contribution in [0.3, 0.4) is 0 Å². The fourth-order valence-electron chi connectivity index (χ4n) is 2.37. The summed E-state index contributed by atoms with van der Waals surface area (Å²) >= 11 is 0. The zero-order valence-electron chi connectivity index (χ0n) is 9.24. The van der Waals surface area contributed by atoms with E-state index in [1.807, 2.05) is 12.1 Å². The largest absolute Gasteiger partial charge is 0.385 e. The molecule has 1 aromatic carbocycles. The molecule has 2 rings (SSSR count). The quantitative estimate of drug-likeness (QED) is 0.775. The second-order valence-electron chi connectivity index (χ2n) is 4.58. The Morgan fingerprint density at radius 1 is 1.40 bits per heavy atom. The Balaban J connectivity index is 2.22. The van der Waals surface area contributed by atoms with Gasteiger partial charge in [-0.2, -0.15) is 0 Å². The third kappa shape index (κ3) is 2.06. The van der Waals surface area contributed by atoms with Crippen molar-refractivity contribution in [2.45, 2.75) is 44.2 Å². The molecule has 2 nitrogen and oxygen atoms in total. The van der Waals surface area contributed by atoms with Gasteiger partial charge in [-0.05, 0) is 36.8 Å². The minimum atomic E-state index is -0.675. The maximum Gasteiger partial charge on any atom is 0.0911 e. The van der Waals surface area contributed by atoms with Gasteiger partial charge in [-0.1, -0.05) is 31.2 Å². The van der Waals surface area contributed by atoms with Gasteiger partial charge in [0.1, 0.15) is 0 Å². The molecular weight excluding hydrogens is 186 g/mol. The lowest BCUT2D eigenvalue weighted by Crippen LogP contribution is -2.25. The van der Waals surface area contributed by atoms with E-state index in [9.17, 15) is 5.11 Å². The molecule has 1 aromatic rings. The van der Waals surface area contributed by atoms with Gasteiger partial charge >= 0.3 is 0 Å². The Morgan fingerprint density at radius 2 is 2.07 bits per heavy atom. The summed E-state index contributed by atoms with van der Waals surface area (Å²) in [4.78, 5) is 0. The van der Waals surface area contributed by atoms with Crippen molar-refractivity contribution in [2.75, 3.05) is 0 Å². The Hall–Kier alpha value is -0.860. The molecule has 1 aliphatic rings. The fraction of sp³-hybridized carbons (Fsp3) is 0.538. The normalized spacial score (nSPS) is 30.7. The molecule has 0 spiro atoms. The smallest absolute Gasteiger partial charge is 0.0911 e. The third-order valence-electron chi connectivity index (χ3n) is 3.43. The van der Waals surface area contributed by atoms with Gasteiger partial charge in [0.2, 0.25) is 0 Å². The summed E-state index contributed by atoms with van der Waals surface area (Å²) in [5.74, 6) is 0. The Morgan fingerprint density at radius 3 is 2.53 bits per heavy atom. The van der Waals surface area contributed by atoms with Crippen LogP contribution in [0.4, 0.5) is 0 Å². The van der Waals surface area contributed by atoms with Crippen molar-refractivity contribution in [1.82, 2.24) is 0 Å². The highest BCUT2D eigenvalue weighted by atomic mass is 16.3. The van der Waals surface area contributed by atoms with E-state index in [0.29, 0.717) is 6.42 Å². The van der Waals surface area contributed by atoms with Crippen LogP contribution in [0.15, 0.2) is 24.3 Å². The first-order chi connectivity index (χ1) is 7.14. The number of benzene rings is 1. The molecule has 2 unspecified atom stereocenters. The first-order valence-electron chi connectivity index (χ1n) is 5.71. The summed E-state index contributed by atoms with van der Waals surface area (Å²) in [5, 5.41) is 10.4. The zero-order valence-corrected chi connectivity index (χ0v) is 9.24. The molecule has 0 saturated heterocycles. The molecule has 0 aliphatic heterocycles. The lowest BCUT2D eigenvalue weighted by atomic mass is 9.91. The van der Waals surface area contributed by atoms with Gasteiger partial charge in [0.15, 0.2) is 0 Å². The van der Waals surface area contributed by atoms with Crippen molar-refractivity contribution < 1.29 is 5.11 Å². The molecule has 0 amide bonds. The number of rotatable bonds is 2. The predicted molar refractivity (Wildman–Crippen MR) is 61.5 cm³/mol. The van der Waals surface area contributed by atoms with E-state index in [0.717, 1.165) is 24.8 Å². The number of nitrogens with two attached hydrogens (primary N) is 1. The van der Waals surface area contributed by atoms with Crippen LogP contribution in [-0.2, 0) is 12.0 Å². The van der Waals surface area contributed by atoms with Gasteiger partial charge in [-0.3, -0.25) is 0 Å². The standard InChI is InChI=1S/C13H19NO/c1-2-10-3-5-11(6-4-10)13(15)8-7-12(14)9-13/h3-6,12,15H,2,7-9,14H2,1H3. The van der Waals surface area contributed by atoms with Gasteiger partial charge in [-0.15, -0.1) is 0 Å². The van der Waals surface area contributed by atoms with Crippen LogP contribution in [0, 0.1) is 0 Å². The van der Waals surface area contributed by atoms with E-state index >= 15 is 0 Å². The summed E-state index contributed by atoms with van der Waals surface area (Å²) in [6.07, 6.45) is 3.45. The van der Waals surface area contributed by atoms with Crippen molar-refractivity contribution in [3.8, 4) is 0 Å². The van der Waals surface area contributed by atoms with E-state index in [-0.39, 0.29) is 6.04 Å². The van der Waals surface area contributed by atoms with Gasteiger partial charge in [-0.25, -0.2) is 0 Å². The van der Waals surface area contributed by atoms with Crippen LogP contribution >= 0.6 is 0 Å². The minimum Gasteiger partial charge on any atom is -0.385 e. The van der Waals surface area contributed by atoms with E-state index in [1.54, 1.807) is 0 Å². The second kappa shape index (κ2) is 3.95. The number of hydrogen-bond donors (Lipinski definition) is 2. The Bertz CT molecular complexity index is 333. The SMILES string of the molecule is CCc1ccc(C2(O)CCC(N)C2)cc1. The Labute approximate surface area is 91.1 Å². The first-order valence-corrected chi connectivity index (χ1v) is 5.71. The van der Waals surface area contributed by atoms with Crippen LogP contribution in [0.5, 0.6) is 0 Å². The minimum absolute atomic E-state index is 0.154. The summed E-state index contributed by atoms with van der Waals surface area (Å²) in [6, 6.07) is 8.42. The van der Waals surface area contributed by atoms with Crippen molar-refractivity contribution in [3.05, 3.63) is 35.4 Å². The van der Waals surface area contributed by atoms with Gasteiger partial charge < -0.3 is 10.8 Å². The number of aryl methyl sites for hydroxylation is 1. The van der Waals surface area contributed by atoms with Gasteiger partial charge in [0.05, 0.1) is 5.60 Å². The highest BCUT2D eigenvalue weighted by Gasteiger charge is 2.36. The molecule has 3 N–H and O–H groups in total. The van der Waals surface area contributed by atoms with Gasteiger partial charge in [0, 0.05) is 6.04 Å². The number of aliphatic hydroxyl groups is 1. The fourth-order valence-corrected chi connectivity index (χ4v) is 2.37. The molecule has 1 saturated carbocycles. The molecule has 15 heavy (non-hydrogen) atoms. The average Bonchev–Trinajstić information content (AvgIpc) is 2.60. The summed E-state index contributed by atoms with van der Waals surface area (Å²) in [6.45, 7) is 2.13. The second-order valence-corrected chi connectivity index (χ2v) is 4.58. The highest BCUT2D eigenvalue weighted by Crippen LogP contribution is 2.37. The van der Waals surface area contributed by atoms with Gasteiger partial charge in [0.25, 0.3) is 0 Å². The van der Waals surface area contributed by atoms with Crippen molar-refractivity contribution in [3.63, 3.8) is 0 Å². The average molecular weight is 205 g/mol. The number of hydrogen-bond acceptors (Lipinski definition) is 2. The van der Waals surface area contributed by atoms with E-state index in [2.05, 4.69) is 19.1 Å². The van der Waals surface area contributed by atoms with Crippen molar-refractivity contribution in [1.29, 1.82) is 0 Å². The molecule has 0 aromatic heterocycles. The van der Waals surface area contributed by atoms with Crippen LogP contribution in [0.1, 0.15) is 37.3 Å². The maximum absolute atomic E-state index is 10.4. The molecule has 1 aliphatic carbocycles. The zero-order chi connectivity index (χ0) is 10.9. The van der Waals surface area contributed by atoms with Crippen LogP contribution in [-0.4, -0.2) is 11.1 Å². The van der Waals surface area contributed by atoms with E-state index in [4.69, 9.17) is 5.73 Å². The Kier molecular flexibility index (Phi) is 2.81. The lowest BCUT2D eigenvalue weighted by Gasteiger charge is -2.23. The molecular formula is C13H19NO. The summed E-state index contributed by atoms with van der Waals surface area (Å²) < 4.78 is 0. The van der Waals surface area contributed by atoms with E-state index < -0.39 is 5.60 Å². The highest BCUT2D eigenvalue weighted by molar-refractivity contribution is 5.28. The summed E-state index contributed by atoms with van der Waals surface area (Å²) in [5.41, 5.74) is 7.50. The van der Waals surface area contributed by atoms with E-state index in [1.165, 1.54) is 5.56 Å². The third-order valence-corrected chi connectivity index (χ3v) is 3.43. The lowest BCUT2D eigenvalue weighted by molar-refractivity contribution is 0.0431. The molecule has 2 heteroatoms. The molecule has 0 heterocycles. The van der Waals surface area contributed by atoms with Crippen LogP contribution < -0.4 is 5.73 Å². The predicted octanol–water partition coefficient (Wildman–Crippen LogP) is 1.95. The topological polar surface area (TPSA) is 46.2 Å². The molecule has 1 fully saturated rings. The monoisotopic (exact) mass is 205 g/mol. The maximum atomic E-state index is 10.4. The van der Waals surface area contributed by atoms with Crippen LogP contribution in [0.25, 0.3) is 0 Å². The van der Waals surface area contributed by atoms with Crippen molar-refractivity contribution >= 4 is 0 Å². The van der Waals surface area contributed by atoms with Crippen molar-refractivity contribution in [2.24, 2.45) is 5.73 Å². The molecule has 2 atom stereocenters. The summed E-state index contributed by atoms with van der Waals surface area (Å²) in [7, 11) is 0.